The molecule has 0 radical (unpaired) electrons. The second-order valence-electron chi connectivity index (χ2n) is 7.58. The minimum atomic E-state index is -0.662. The number of Topliss-reactive ketones (excluding diaryl/α,β-unsaturated/α-hetero) is 1. The minimum absolute atomic E-state index is 0.0102. The second-order valence-corrected chi connectivity index (χ2v) is 10.4. The molecule has 0 heterocycles. The van der Waals surface area contributed by atoms with Crippen molar-refractivity contribution in [1.29, 1.82) is 0 Å². The summed E-state index contributed by atoms with van der Waals surface area (Å²) in [6.07, 6.45) is 7.75. The van der Waals surface area contributed by atoms with Crippen LogP contribution in [0.2, 0.25) is 5.04 Å². The molecule has 1 unspecified atom stereocenters. The number of halogens is 1. The summed E-state index contributed by atoms with van der Waals surface area (Å²) in [6.45, 7) is 8.98. The minimum Gasteiger partial charge on any atom is -0.417 e. The number of carbonyl (C=O) groups is 2. The molecule has 1 aliphatic carbocycles. The molecule has 0 aromatic heterocycles. The van der Waals surface area contributed by atoms with E-state index >= 15 is 0 Å². The Hall–Kier alpha value is -0.453. The van der Waals surface area contributed by atoms with Gasteiger partial charge in [-0.3, -0.25) is 9.59 Å². The summed E-state index contributed by atoms with van der Waals surface area (Å²) in [5, 5.41) is 0.00613. The van der Waals surface area contributed by atoms with E-state index in [0.717, 1.165) is 37.7 Å². The van der Waals surface area contributed by atoms with Crippen LogP contribution in [0.1, 0.15) is 72.6 Å². The number of ketones is 1. The highest BCUT2D eigenvalue weighted by Crippen LogP contribution is 2.34. The van der Waals surface area contributed by atoms with Crippen LogP contribution in [0.5, 0.6) is 0 Å². The summed E-state index contributed by atoms with van der Waals surface area (Å²) in [7, 11) is -0.662. The third-order valence-electron chi connectivity index (χ3n) is 4.93. The van der Waals surface area contributed by atoms with Crippen LogP contribution in [0, 0.1) is 5.92 Å². The van der Waals surface area contributed by atoms with Crippen molar-refractivity contribution in [2.24, 2.45) is 5.92 Å². The Morgan fingerprint density at radius 3 is 2.61 bits per heavy atom. The monoisotopic (exact) mass is 358 g/mol. The van der Waals surface area contributed by atoms with Crippen LogP contribution in [0.4, 0.5) is 0 Å². The first-order valence-corrected chi connectivity index (χ1v) is 10.4. The van der Waals surface area contributed by atoms with E-state index in [1.165, 1.54) is 0 Å². The first kappa shape index (κ1) is 20.6. The van der Waals surface area contributed by atoms with Gasteiger partial charge in [0, 0.05) is 12.8 Å². The van der Waals surface area contributed by atoms with Crippen LogP contribution in [0.3, 0.4) is 0 Å². The Morgan fingerprint density at radius 2 is 2.00 bits per heavy atom. The van der Waals surface area contributed by atoms with Crippen LogP contribution in [-0.4, -0.2) is 26.9 Å². The lowest BCUT2D eigenvalue weighted by molar-refractivity contribution is -0.116. The molecule has 1 atom stereocenters. The van der Waals surface area contributed by atoms with Crippen LogP contribution in [-0.2, 0) is 14.0 Å². The Labute approximate surface area is 148 Å². The van der Waals surface area contributed by atoms with E-state index in [4.69, 9.17) is 16.0 Å². The molecule has 0 saturated carbocycles. The summed E-state index contributed by atoms with van der Waals surface area (Å²) in [4.78, 5) is 22.7. The number of allylic oxidation sites excluding steroid dienone is 1. The molecule has 0 amide bonds. The number of hydrogen-bond acceptors (Lipinski definition) is 3. The SMILES string of the molecule is CC(C)C(C)(C)[SiH2]OC1C=C(CCCCCCC(=O)Cl)C(=O)C1. The maximum absolute atomic E-state index is 12.1. The van der Waals surface area contributed by atoms with Crippen molar-refractivity contribution in [3.05, 3.63) is 11.6 Å². The highest BCUT2D eigenvalue weighted by atomic mass is 35.5. The van der Waals surface area contributed by atoms with E-state index in [2.05, 4.69) is 27.7 Å². The molecule has 0 saturated heterocycles. The predicted molar refractivity (Wildman–Crippen MR) is 98.6 cm³/mol. The van der Waals surface area contributed by atoms with Gasteiger partial charge in [-0.15, -0.1) is 0 Å². The molecule has 23 heavy (non-hydrogen) atoms. The molecule has 0 N–H and O–H groups in total. The first-order chi connectivity index (χ1) is 10.7. The van der Waals surface area contributed by atoms with Gasteiger partial charge in [0.05, 0.1) is 6.10 Å². The van der Waals surface area contributed by atoms with Gasteiger partial charge in [0.15, 0.2) is 15.5 Å². The highest BCUT2D eigenvalue weighted by molar-refractivity contribution is 6.63. The fourth-order valence-electron chi connectivity index (χ4n) is 2.44. The van der Waals surface area contributed by atoms with Gasteiger partial charge in [0.2, 0.25) is 5.24 Å². The van der Waals surface area contributed by atoms with E-state index in [9.17, 15) is 9.59 Å². The van der Waals surface area contributed by atoms with Crippen LogP contribution >= 0.6 is 11.6 Å². The van der Waals surface area contributed by atoms with Gasteiger partial charge in [0.1, 0.15) is 0 Å². The van der Waals surface area contributed by atoms with Crippen LogP contribution in [0.15, 0.2) is 11.6 Å². The van der Waals surface area contributed by atoms with Gasteiger partial charge in [-0.05, 0) is 53.5 Å². The van der Waals surface area contributed by atoms with E-state index in [1.807, 2.05) is 6.08 Å². The van der Waals surface area contributed by atoms with Gasteiger partial charge in [-0.25, -0.2) is 0 Å². The normalized spacial score (nSPS) is 19.1. The maximum atomic E-state index is 12.1. The lowest BCUT2D eigenvalue weighted by atomic mass is 9.99. The van der Waals surface area contributed by atoms with E-state index in [0.29, 0.717) is 18.8 Å². The second kappa shape index (κ2) is 9.75. The standard InChI is InChI=1S/C18H31ClO3Si/c1-13(2)18(3,4)23-22-15-11-14(16(20)12-15)9-7-5-6-8-10-17(19)21/h11,13,15H,5-10,12,23H2,1-4H3. The molecule has 0 fully saturated rings. The number of hydrogen-bond donors (Lipinski definition) is 0. The fourth-order valence-corrected chi connectivity index (χ4v) is 3.77. The lowest BCUT2D eigenvalue weighted by Crippen LogP contribution is -2.25. The van der Waals surface area contributed by atoms with Crippen molar-refractivity contribution in [2.75, 3.05) is 0 Å². The van der Waals surface area contributed by atoms with Gasteiger partial charge in [-0.1, -0.05) is 40.5 Å². The Morgan fingerprint density at radius 1 is 1.35 bits per heavy atom. The zero-order valence-corrected chi connectivity index (χ0v) is 17.2. The van der Waals surface area contributed by atoms with Gasteiger partial charge in [0.25, 0.3) is 0 Å². The summed E-state index contributed by atoms with van der Waals surface area (Å²) < 4.78 is 6.09. The summed E-state index contributed by atoms with van der Waals surface area (Å²) in [5.74, 6) is 0.858. The van der Waals surface area contributed by atoms with Crippen LogP contribution < -0.4 is 0 Å². The van der Waals surface area contributed by atoms with Crippen molar-refractivity contribution in [3.63, 3.8) is 0 Å². The zero-order chi connectivity index (χ0) is 17.5. The van der Waals surface area contributed by atoms with E-state index in [1.54, 1.807) is 0 Å². The number of unbranched alkanes of at least 4 members (excludes halogenated alkanes) is 3. The Balaban J connectivity index is 2.28. The van der Waals surface area contributed by atoms with Gasteiger partial charge in [-0.2, -0.15) is 0 Å². The van der Waals surface area contributed by atoms with E-state index < -0.39 is 9.76 Å². The van der Waals surface area contributed by atoms with Crippen molar-refractivity contribution < 1.29 is 14.0 Å². The molecule has 0 aliphatic heterocycles. The topological polar surface area (TPSA) is 43.4 Å². The first-order valence-electron chi connectivity index (χ1n) is 8.76. The fraction of sp³-hybridized carbons (Fsp3) is 0.778. The van der Waals surface area contributed by atoms with Crippen molar-refractivity contribution in [1.82, 2.24) is 0 Å². The molecular formula is C18H31ClO3Si. The smallest absolute Gasteiger partial charge is 0.221 e. The summed E-state index contributed by atoms with van der Waals surface area (Å²) in [6, 6.07) is 0. The summed E-state index contributed by atoms with van der Waals surface area (Å²) in [5.41, 5.74) is 0.944. The predicted octanol–water partition coefficient (Wildman–Crippen LogP) is 4.32. The number of carbonyl (C=O) groups excluding carboxylic acids is 2. The van der Waals surface area contributed by atoms with Gasteiger partial charge < -0.3 is 4.43 Å². The molecule has 0 spiro atoms. The van der Waals surface area contributed by atoms with Crippen molar-refractivity contribution in [3.8, 4) is 0 Å². The molecular weight excluding hydrogens is 328 g/mol. The molecule has 3 nitrogen and oxygen atoms in total. The molecule has 1 rings (SSSR count). The highest BCUT2D eigenvalue weighted by Gasteiger charge is 2.28. The third-order valence-corrected chi connectivity index (χ3v) is 7.28. The average molecular weight is 359 g/mol. The third kappa shape index (κ3) is 7.77. The van der Waals surface area contributed by atoms with E-state index in [-0.39, 0.29) is 22.2 Å². The molecule has 132 valence electrons. The maximum Gasteiger partial charge on any atom is 0.221 e. The Kier molecular flexibility index (Phi) is 8.73. The average Bonchev–Trinajstić information content (AvgIpc) is 2.80. The zero-order valence-electron chi connectivity index (χ0n) is 15.0. The molecule has 5 heteroatoms. The van der Waals surface area contributed by atoms with Crippen LogP contribution in [0.25, 0.3) is 0 Å². The summed E-state index contributed by atoms with van der Waals surface area (Å²) >= 11 is 5.31. The molecule has 0 bridgehead atoms. The Bertz CT molecular complexity index is 444. The van der Waals surface area contributed by atoms with Gasteiger partial charge >= 0.3 is 0 Å². The quantitative estimate of drug-likeness (QED) is 0.314. The largest absolute Gasteiger partial charge is 0.417 e. The molecule has 1 aliphatic rings. The molecule has 0 aromatic carbocycles. The molecule has 0 aromatic rings. The number of rotatable bonds is 11. The lowest BCUT2D eigenvalue weighted by Gasteiger charge is -2.29. The van der Waals surface area contributed by atoms with Crippen molar-refractivity contribution in [2.45, 2.75) is 83.8 Å². The van der Waals surface area contributed by atoms with Crippen molar-refractivity contribution >= 4 is 32.4 Å².